The zero-order valence-electron chi connectivity index (χ0n) is 7.08. The molecule has 0 bridgehead atoms. The van der Waals surface area contributed by atoms with E-state index in [1.165, 1.54) is 0 Å². The minimum absolute atomic E-state index is 0.0477. The third kappa shape index (κ3) is 1.21. The molecule has 12 heavy (non-hydrogen) atoms. The van der Waals surface area contributed by atoms with Gasteiger partial charge in [0.05, 0.1) is 19.0 Å². The summed E-state index contributed by atoms with van der Waals surface area (Å²) < 4.78 is -0.175. The molecule has 1 N–H and O–H groups in total. The number of amides is 1. The van der Waals surface area contributed by atoms with Crippen molar-refractivity contribution in [3.63, 3.8) is 0 Å². The molecule has 2 saturated heterocycles. The third-order valence-corrected chi connectivity index (χ3v) is 2.95. The van der Waals surface area contributed by atoms with Crippen LogP contribution in [0.4, 0.5) is 0 Å². The molecule has 68 valence electrons. The molecule has 4 nitrogen and oxygen atoms in total. The summed E-state index contributed by atoms with van der Waals surface area (Å²) in [5.41, 5.74) is 0. The lowest BCUT2D eigenvalue weighted by Gasteiger charge is -2.53. The molecular formula is C8H14N2O2. The van der Waals surface area contributed by atoms with Crippen LogP contribution in [0.3, 0.4) is 0 Å². The Balaban J connectivity index is 2.11. The van der Waals surface area contributed by atoms with E-state index in [1.54, 1.807) is 0 Å². The fourth-order valence-electron chi connectivity index (χ4n) is 2.16. The quantitative estimate of drug-likeness (QED) is 0.421. The van der Waals surface area contributed by atoms with E-state index in [0.717, 1.165) is 19.3 Å². The van der Waals surface area contributed by atoms with Crippen LogP contribution in [0.1, 0.15) is 25.7 Å². The summed E-state index contributed by atoms with van der Waals surface area (Å²) >= 11 is 0. The monoisotopic (exact) mass is 170 g/mol. The maximum absolute atomic E-state index is 12.0. The number of carbonyl (C=O) groups is 1. The number of quaternary nitrogens is 1. The van der Waals surface area contributed by atoms with Crippen LogP contribution in [0.5, 0.6) is 0 Å². The molecule has 2 aliphatic heterocycles. The van der Waals surface area contributed by atoms with Crippen LogP contribution in [-0.4, -0.2) is 29.8 Å². The summed E-state index contributed by atoms with van der Waals surface area (Å²) in [4.78, 5) is 11.0. The van der Waals surface area contributed by atoms with Crippen molar-refractivity contribution in [3.8, 4) is 0 Å². The number of hydrogen-bond acceptors (Lipinski definition) is 2. The van der Waals surface area contributed by atoms with Crippen molar-refractivity contribution in [1.29, 1.82) is 0 Å². The maximum Gasteiger partial charge on any atom is 0.230 e. The highest BCUT2D eigenvalue weighted by atomic mass is 16.6. The first-order valence-electron chi connectivity index (χ1n) is 4.55. The predicted molar refractivity (Wildman–Crippen MR) is 43.8 cm³/mol. The molecule has 4 heteroatoms. The van der Waals surface area contributed by atoms with Gasteiger partial charge in [-0.2, -0.15) is 0 Å². The Kier molecular flexibility index (Phi) is 1.81. The van der Waals surface area contributed by atoms with Gasteiger partial charge in [0.15, 0.2) is 6.67 Å². The first-order valence-corrected chi connectivity index (χ1v) is 4.55. The van der Waals surface area contributed by atoms with Crippen molar-refractivity contribution < 1.29 is 9.44 Å². The number of fused-ring (bicyclic) bond motifs is 1. The molecule has 0 spiro atoms. The van der Waals surface area contributed by atoms with Crippen molar-refractivity contribution in [1.82, 2.24) is 5.32 Å². The Bertz CT molecular complexity index is 207. The minimum atomic E-state index is -0.175. The molecule has 2 fully saturated rings. The van der Waals surface area contributed by atoms with Crippen LogP contribution in [0.2, 0.25) is 0 Å². The summed E-state index contributed by atoms with van der Waals surface area (Å²) in [5, 5.41) is 14.6. The molecule has 0 aromatic carbocycles. The van der Waals surface area contributed by atoms with E-state index < -0.39 is 0 Å². The Hall–Kier alpha value is -0.610. The second-order valence-corrected chi connectivity index (χ2v) is 3.79. The zero-order chi connectivity index (χ0) is 8.60. The molecule has 2 atom stereocenters. The highest BCUT2D eigenvalue weighted by Gasteiger charge is 2.37. The van der Waals surface area contributed by atoms with Crippen LogP contribution in [0, 0.1) is 5.21 Å². The fourth-order valence-corrected chi connectivity index (χ4v) is 2.16. The molecule has 0 radical (unpaired) electrons. The van der Waals surface area contributed by atoms with Gasteiger partial charge in [-0.05, 0) is 12.8 Å². The van der Waals surface area contributed by atoms with Gasteiger partial charge < -0.3 is 15.2 Å². The largest absolute Gasteiger partial charge is 0.631 e. The number of hydroxylamine groups is 3. The molecule has 2 rings (SSSR count). The number of nitrogens with one attached hydrogen (secondary N) is 1. The molecule has 2 aliphatic rings. The van der Waals surface area contributed by atoms with Crippen LogP contribution >= 0.6 is 0 Å². The Labute approximate surface area is 71.7 Å². The van der Waals surface area contributed by atoms with E-state index in [1.807, 2.05) is 0 Å². The summed E-state index contributed by atoms with van der Waals surface area (Å²) in [6.07, 6.45) is 3.48. The first kappa shape index (κ1) is 8.01. The van der Waals surface area contributed by atoms with Gasteiger partial charge in [0.1, 0.15) is 0 Å². The normalized spacial score (nSPS) is 41.8. The minimum Gasteiger partial charge on any atom is -0.631 e. The molecule has 0 aromatic heterocycles. The molecule has 0 aromatic rings. The van der Waals surface area contributed by atoms with Gasteiger partial charge in [-0.15, -0.1) is 0 Å². The number of nitrogens with zero attached hydrogens (tertiary/aromatic N) is 1. The van der Waals surface area contributed by atoms with Gasteiger partial charge in [0.25, 0.3) is 0 Å². The predicted octanol–water partition coefficient (Wildman–Crippen LogP) is 0.331. The number of carbonyl (C=O) groups excluding carboxylic acids is 1. The van der Waals surface area contributed by atoms with Crippen molar-refractivity contribution in [2.24, 2.45) is 0 Å². The molecule has 1 unspecified atom stereocenters. The van der Waals surface area contributed by atoms with Crippen LogP contribution < -0.4 is 5.32 Å². The lowest BCUT2D eigenvalue weighted by Crippen LogP contribution is -2.63. The molecule has 0 saturated carbocycles. The summed E-state index contributed by atoms with van der Waals surface area (Å²) in [5.74, 6) is 0.0477. The summed E-state index contributed by atoms with van der Waals surface area (Å²) in [7, 11) is 0. The SMILES string of the molecule is O=C1C[C@H]2CCCC[N+]2([O-])CN1. The van der Waals surface area contributed by atoms with Crippen LogP contribution in [0.15, 0.2) is 0 Å². The lowest BCUT2D eigenvalue weighted by molar-refractivity contribution is -0.914. The average molecular weight is 170 g/mol. The second-order valence-electron chi connectivity index (χ2n) is 3.79. The molecule has 2 heterocycles. The average Bonchev–Trinajstić information content (AvgIpc) is 2.06. The number of rotatable bonds is 0. The van der Waals surface area contributed by atoms with Gasteiger partial charge >= 0.3 is 0 Å². The summed E-state index contributed by atoms with van der Waals surface area (Å²) in [6, 6.07) is 0.0486. The van der Waals surface area contributed by atoms with Crippen LogP contribution in [0.25, 0.3) is 0 Å². The standard InChI is InChI=1S/C8H14N2O2/c11-8-5-7-3-1-2-4-10(7,12)6-9-8/h7H,1-6H2,(H,9,11)/t7-,10?/m1/s1. The highest BCUT2D eigenvalue weighted by Crippen LogP contribution is 2.28. The van der Waals surface area contributed by atoms with E-state index in [9.17, 15) is 10.0 Å². The highest BCUT2D eigenvalue weighted by molar-refractivity contribution is 5.76. The molecule has 0 aliphatic carbocycles. The molecular weight excluding hydrogens is 156 g/mol. The lowest BCUT2D eigenvalue weighted by atomic mass is 9.97. The van der Waals surface area contributed by atoms with Crippen molar-refractivity contribution >= 4 is 5.91 Å². The topological polar surface area (TPSA) is 52.2 Å². The van der Waals surface area contributed by atoms with Gasteiger partial charge in [0, 0.05) is 6.42 Å². The Morgan fingerprint density at radius 3 is 3.17 bits per heavy atom. The van der Waals surface area contributed by atoms with Crippen molar-refractivity contribution in [2.75, 3.05) is 13.2 Å². The van der Waals surface area contributed by atoms with E-state index in [4.69, 9.17) is 0 Å². The Morgan fingerprint density at radius 1 is 1.50 bits per heavy atom. The smallest absolute Gasteiger partial charge is 0.230 e. The number of hydrogen-bond donors (Lipinski definition) is 1. The van der Waals surface area contributed by atoms with Gasteiger partial charge in [-0.25, -0.2) is 0 Å². The van der Waals surface area contributed by atoms with E-state index in [0.29, 0.717) is 19.6 Å². The first-order chi connectivity index (χ1) is 5.71. The second kappa shape index (κ2) is 2.71. The molecule has 1 amide bonds. The van der Waals surface area contributed by atoms with Crippen molar-refractivity contribution in [2.45, 2.75) is 31.7 Å². The fraction of sp³-hybridized carbons (Fsp3) is 0.875. The zero-order valence-corrected chi connectivity index (χ0v) is 7.08. The summed E-state index contributed by atoms with van der Waals surface area (Å²) in [6.45, 7) is 0.981. The van der Waals surface area contributed by atoms with E-state index in [-0.39, 0.29) is 16.6 Å². The van der Waals surface area contributed by atoms with Gasteiger partial charge in [0.2, 0.25) is 5.91 Å². The van der Waals surface area contributed by atoms with Crippen LogP contribution in [-0.2, 0) is 4.79 Å². The number of piperidine rings is 1. The van der Waals surface area contributed by atoms with Crippen molar-refractivity contribution in [3.05, 3.63) is 5.21 Å². The Morgan fingerprint density at radius 2 is 2.33 bits per heavy atom. The van der Waals surface area contributed by atoms with E-state index in [2.05, 4.69) is 5.32 Å². The maximum atomic E-state index is 12.0. The third-order valence-electron chi connectivity index (χ3n) is 2.95. The van der Waals surface area contributed by atoms with E-state index >= 15 is 0 Å². The van der Waals surface area contributed by atoms with Gasteiger partial charge in [-0.1, -0.05) is 0 Å². The van der Waals surface area contributed by atoms with Gasteiger partial charge in [-0.3, -0.25) is 4.79 Å².